The van der Waals surface area contributed by atoms with E-state index >= 15 is 0 Å². The van der Waals surface area contributed by atoms with Gasteiger partial charge in [0.05, 0.1) is 12.7 Å². The molecule has 1 N–H and O–H groups in total. The van der Waals surface area contributed by atoms with Gasteiger partial charge in [-0.1, -0.05) is 12.1 Å². The van der Waals surface area contributed by atoms with Crippen molar-refractivity contribution in [2.75, 3.05) is 25.6 Å². The van der Waals surface area contributed by atoms with Crippen molar-refractivity contribution >= 4 is 11.6 Å². The van der Waals surface area contributed by atoms with E-state index < -0.39 is 0 Å². The van der Waals surface area contributed by atoms with E-state index in [2.05, 4.69) is 4.90 Å². The number of halogens is 1. The van der Waals surface area contributed by atoms with Crippen molar-refractivity contribution in [1.82, 2.24) is 4.90 Å². The minimum absolute atomic E-state index is 0.146. The quantitative estimate of drug-likeness (QED) is 0.820. The molecule has 0 bridgehead atoms. The predicted octanol–water partition coefficient (Wildman–Crippen LogP) is 1.83. The number of morpholine rings is 1. The molecule has 1 fully saturated rings. The smallest absolute Gasteiger partial charge is 0.115 e. The molecule has 1 aliphatic heterocycles. The molecule has 2 rings (SSSR count). The van der Waals surface area contributed by atoms with Crippen molar-refractivity contribution in [2.45, 2.75) is 12.6 Å². The zero-order chi connectivity index (χ0) is 11.4. The zero-order valence-corrected chi connectivity index (χ0v) is 9.86. The molecule has 1 aromatic carbocycles. The van der Waals surface area contributed by atoms with Crippen LogP contribution in [0.4, 0.5) is 0 Å². The van der Waals surface area contributed by atoms with Gasteiger partial charge in [-0.3, -0.25) is 4.90 Å². The number of alkyl halides is 1. The van der Waals surface area contributed by atoms with Crippen molar-refractivity contribution in [3.63, 3.8) is 0 Å². The summed E-state index contributed by atoms with van der Waals surface area (Å²) in [6.07, 6.45) is 0.146. The second-order valence-electron chi connectivity index (χ2n) is 4.05. The Bertz CT molecular complexity index is 328. The molecule has 0 aliphatic carbocycles. The van der Waals surface area contributed by atoms with Crippen LogP contribution in [0, 0.1) is 0 Å². The molecule has 3 nitrogen and oxygen atoms in total. The third-order valence-electron chi connectivity index (χ3n) is 2.74. The van der Waals surface area contributed by atoms with Gasteiger partial charge < -0.3 is 9.84 Å². The number of phenols is 1. The van der Waals surface area contributed by atoms with Gasteiger partial charge in [0.25, 0.3) is 0 Å². The standard InChI is InChI=1S/C12H16ClNO2/c13-7-12-9-14(5-6-16-12)8-10-1-3-11(15)4-2-10/h1-4,12,15H,5-9H2. The van der Waals surface area contributed by atoms with Crippen LogP contribution in [0.5, 0.6) is 5.75 Å². The molecular formula is C12H16ClNO2. The van der Waals surface area contributed by atoms with Gasteiger partial charge in [-0.05, 0) is 17.7 Å². The molecule has 1 unspecified atom stereocenters. The molecular weight excluding hydrogens is 226 g/mol. The molecule has 4 heteroatoms. The summed E-state index contributed by atoms with van der Waals surface area (Å²) >= 11 is 5.78. The lowest BCUT2D eigenvalue weighted by Gasteiger charge is -2.31. The van der Waals surface area contributed by atoms with E-state index in [1.54, 1.807) is 12.1 Å². The third kappa shape index (κ3) is 3.11. The Morgan fingerprint density at radius 1 is 1.38 bits per heavy atom. The summed E-state index contributed by atoms with van der Waals surface area (Å²) in [5, 5.41) is 9.19. The highest BCUT2D eigenvalue weighted by molar-refractivity contribution is 6.18. The number of hydrogen-bond acceptors (Lipinski definition) is 3. The lowest BCUT2D eigenvalue weighted by Crippen LogP contribution is -2.42. The summed E-state index contributed by atoms with van der Waals surface area (Å²) in [4.78, 5) is 2.32. The first-order valence-electron chi connectivity index (χ1n) is 5.46. The zero-order valence-electron chi connectivity index (χ0n) is 9.10. The number of aromatic hydroxyl groups is 1. The first kappa shape index (κ1) is 11.7. The van der Waals surface area contributed by atoms with E-state index in [0.29, 0.717) is 11.6 Å². The van der Waals surface area contributed by atoms with Gasteiger partial charge in [0, 0.05) is 25.5 Å². The minimum Gasteiger partial charge on any atom is -0.508 e. The highest BCUT2D eigenvalue weighted by Crippen LogP contribution is 2.14. The molecule has 0 radical (unpaired) electrons. The molecule has 0 saturated carbocycles. The number of hydrogen-bond donors (Lipinski definition) is 1. The third-order valence-corrected chi connectivity index (χ3v) is 3.08. The van der Waals surface area contributed by atoms with Crippen LogP contribution in [0.25, 0.3) is 0 Å². The van der Waals surface area contributed by atoms with Gasteiger partial charge >= 0.3 is 0 Å². The SMILES string of the molecule is Oc1ccc(CN2CCOC(CCl)C2)cc1. The number of nitrogens with zero attached hydrogens (tertiary/aromatic N) is 1. The Morgan fingerprint density at radius 3 is 2.81 bits per heavy atom. The van der Waals surface area contributed by atoms with E-state index in [1.807, 2.05) is 12.1 Å². The van der Waals surface area contributed by atoms with Crippen molar-refractivity contribution in [3.8, 4) is 5.75 Å². The maximum Gasteiger partial charge on any atom is 0.115 e. The molecule has 1 aliphatic rings. The number of phenolic OH excluding ortho intramolecular Hbond substituents is 1. The van der Waals surface area contributed by atoms with Gasteiger partial charge in [-0.25, -0.2) is 0 Å². The second kappa shape index (κ2) is 5.53. The van der Waals surface area contributed by atoms with Crippen molar-refractivity contribution in [3.05, 3.63) is 29.8 Å². The van der Waals surface area contributed by atoms with Crippen molar-refractivity contribution in [1.29, 1.82) is 0 Å². The van der Waals surface area contributed by atoms with E-state index in [0.717, 1.165) is 26.2 Å². The van der Waals surface area contributed by atoms with Crippen LogP contribution in [0.1, 0.15) is 5.56 Å². The maximum absolute atomic E-state index is 9.19. The fraction of sp³-hybridized carbons (Fsp3) is 0.500. The van der Waals surface area contributed by atoms with Crippen LogP contribution in [0.3, 0.4) is 0 Å². The topological polar surface area (TPSA) is 32.7 Å². The van der Waals surface area contributed by atoms with Crippen LogP contribution >= 0.6 is 11.6 Å². The maximum atomic E-state index is 9.19. The lowest BCUT2D eigenvalue weighted by atomic mass is 10.2. The Morgan fingerprint density at radius 2 is 2.12 bits per heavy atom. The lowest BCUT2D eigenvalue weighted by molar-refractivity contribution is -0.0194. The van der Waals surface area contributed by atoms with Gasteiger partial charge in [-0.15, -0.1) is 11.6 Å². The molecule has 0 spiro atoms. The largest absolute Gasteiger partial charge is 0.508 e. The monoisotopic (exact) mass is 241 g/mol. The fourth-order valence-corrected chi connectivity index (χ4v) is 2.06. The van der Waals surface area contributed by atoms with Crippen molar-refractivity contribution < 1.29 is 9.84 Å². The molecule has 88 valence electrons. The Hall–Kier alpha value is -0.770. The molecule has 16 heavy (non-hydrogen) atoms. The van der Waals surface area contributed by atoms with E-state index in [4.69, 9.17) is 16.3 Å². The van der Waals surface area contributed by atoms with Crippen LogP contribution in [0.15, 0.2) is 24.3 Å². The van der Waals surface area contributed by atoms with Gasteiger partial charge in [0.15, 0.2) is 0 Å². The van der Waals surface area contributed by atoms with Gasteiger partial charge in [0.1, 0.15) is 5.75 Å². The first-order valence-corrected chi connectivity index (χ1v) is 5.99. The van der Waals surface area contributed by atoms with Crippen LogP contribution in [-0.2, 0) is 11.3 Å². The molecule has 1 saturated heterocycles. The van der Waals surface area contributed by atoms with Crippen molar-refractivity contribution in [2.24, 2.45) is 0 Å². The summed E-state index contributed by atoms with van der Waals surface area (Å²) < 4.78 is 5.50. The Kier molecular flexibility index (Phi) is 4.04. The van der Waals surface area contributed by atoms with E-state index in [9.17, 15) is 5.11 Å². The predicted molar refractivity (Wildman–Crippen MR) is 63.8 cm³/mol. The second-order valence-corrected chi connectivity index (χ2v) is 4.36. The van der Waals surface area contributed by atoms with E-state index in [1.165, 1.54) is 5.56 Å². The first-order chi connectivity index (χ1) is 7.78. The number of ether oxygens (including phenoxy) is 1. The number of benzene rings is 1. The average molecular weight is 242 g/mol. The molecule has 1 heterocycles. The van der Waals surface area contributed by atoms with Crippen LogP contribution < -0.4 is 0 Å². The number of rotatable bonds is 3. The molecule has 1 aromatic rings. The summed E-state index contributed by atoms with van der Waals surface area (Å²) in [6, 6.07) is 7.32. The normalized spacial score (nSPS) is 22.2. The van der Waals surface area contributed by atoms with Gasteiger partial charge in [0.2, 0.25) is 0 Å². The Balaban J connectivity index is 1.91. The summed E-state index contributed by atoms with van der Waals surface area (Å²) in [6.45, 7) is 3.45. The van der Waals surface area contributed by atoms with E-state index in [-0.39, 0.29) is 6.10 Å². The molecule has 1 atom stereocenters. The van der Waals surface area contributed by atoms with Gasteiger partial charge in [-0.2, -0.15) is 0 Å². The summed E-state index contributed by atoms with van der Waals surface area (Å²) in [7, 11) is 0. The summed E-state index contributed by atoms with van der Waals surface area (Å²) in [5.74, 6) is 0.857. The highest BCUT2D eigenvalue weighted by Gasteiger charge is 2.19. The molecule has 0 amide bonds. The van der Waals surface area contributed by atoms with Crippen LogP contribution in [-0.4, -0.2) is 41.7 Å². The summed E-state index contributed by atoms with van der Waals surface area (Å²) in [5.41, 5.74) is 1.20. The minimum atomic E-state index is 0.146. The van der Waals surface area contributed by atoms with Crippen LogP contribution in [0.2, 0.25) is 0 Å². The molecule has 0 aromatic heterocycles. The Labute approximate surface area is 101 Å². The fourth-order valence-electron chi connectivity index (χ4n) is 1.88. The highest BCUT2D eigenvalue weighted by atomic mass is 35.5. The average Bonchev–Trinajstić information content (AvgIpc) is 2.32.